The highest BCUT2D eigenvalue weighted by atomic mass is 79.9. The van der Waals surface area contributed by atoms with Crippen molar-refractivity contribution in [1.82, 2.24) is 5.32 Å². The lowest BCUT2D eigenvalue weighted by molar-refractivity contribution is 0.602. The Morgan fingerprint density at radius 3 is 2.63 bits per heavy atom. The molecular weight excluding hydrogens is 325 g/mol. The third kappa shape index (κ3) is 4.06. The molecule has 0 saturated carbocycles. The minimum atomic E-state index is -0.184. The number of hydrogen-bond acceptors (Lipinski definition) is 2. The first-order valence-electron chi connectivity index (χ1n) is 6.12. The summed E-state index contributed by atoms with van der Waals surface area (Å²) in [5.41, 5.74) is 1.21. The van der Waals surface area contributed by atoms with Gasteiger partial charge in [0.1, 0.15) is 5.82 Å². The van der Waals surface area contributed by atoms with Crippen LogP contribution >= 0.6 is 27.7 Å². The lowest BCUT2D eigenvalue weighted by Gasteiger charge is -2.08. The van der Waals surface area contributed by atoms with Gasteiger partial charge in [-0.3, -0.25) is 0 Å². The summed E-state index contributed by atoms with van der Waals surface area (Å²) in [7, 11) is 0. The van der Waals surface area contributed by atoms with Crippen LogP contribution < -0.4 is 5.32 Å². The number of hydrogen-bond donors (Lipinski definition) is 1. The zero-order valence-corrected chi connectivity index (χ0v) is 13.0. The second-order valence-corrected chi connectivity index (χ2v) is 6.02. The maximum Gasteiger partial charge on any atom is 0.137 e. The molecule has 100 valence electrons. The zero-order valence-electron chi connectivity index (χ0n) is 10.6. The summed E-state index contributed by atoms with van der Waals surface area (Å²) in [5, 5.41) is 3.28. The normalized spacial score (nSPS) is 10.7. The van der Waals surface area contributed by atoms with Crippen LogP contribution in [0.25, 0.3) is 0 Å². The van der Waals surface area contributed by atoms with Gasteiger partial charge in [0.15, 0.2) is 0 Å². The van der Waals surface area contributed by atoms with Crippen LogP contribution in [0.4, 0.5) is 4.39 Å². The lowest BCUT2D eigenvalue weighted by atomic mass is 10.2. The zero-order chi connectivity index (χ0) is 13.7. The van der Waals surface area contributed by atoms with Crippen molar-refractivity contribution in [1.29, 1.82) is 0 Å². The van der Waals surface area contributed by atoms with Crippen molar-refractivity contribution in [2.75, 3.05) is 6.54 Å². The summed E-state index contributed by atoms with van der Waals surface area (Å²) in [6.07, 6.45) is 0. The number of rotatable bonds is 5. The minimum absolute atomic E-state index is 0.184. The predicted molar refractivity (Wildman–Crippen MR) is 82.0 cm³/mol. The smallest absolute Gasteiger partial charge is 0.137 e. The van der Waals surface area contributed by atoms with E-state index in [1.165, 1.54) is 23.4 Å². The molecule has 0 bridgehead atoms. The molecule has 0 heterocycles. The van der Waals surface area contributed by atoms with E-state index in [0.717, 1.165) is 22.5 Å². The molecule has 2 aromatic carbocycles. The Morgan fingerprint density at radius 1 is 1.16 bits per heavy atom. The Balaban J connectivity index is 2.15. The van der Waals surface area contributed by atoms with Crippen molar-refractivity contribution in [3.63, 3.8) is 0 Å². The molecule has 2 aromatic rings. The van der Waals surface area contributed by atoms with Gasteiger partial charge in [-0.25, -0.2) is 4.39 Å². The van der Waals surface area contributed by atoms with Crippen molar-refractivity contribution in [2.45, 2.75) is 23.3 Å². The van der Waals surface area contributed by atoms with Crippen molar-refractivity contribution in [2.24, 2.45) is 0 Å². The third-order valence-corrected chi connectivity index (χ3v) is 4.68. The molecule has 0 aromatic heterocycles. The molecule has 1 nitrogen and oxygen atoms in total. The molecule has 0 unspecified atom stereocenters. The van der Waals surface area contributed by atoms with Crippen LogP contribution in [0.5, 0.6) is 0 Å². The summed E-state index contributed by atoms with van der Waals surface area (Å²) >= 11 is 4.98. The molecule has 0 atom stereocenters. The monoisotopic (exact) mass is 339 g/mol. The van der Waals surface area contributed by atoms with Gasteiger partial charge in [-0.1, -0.05) is 36.9 Å². The van der Waals surface area contributed by atoms with Crippen molar-refractivity contribution < 1.29 is 4.39 Å². The molecule has 0 amide bonds. The van der Waals surface area contributed by atoms with Crippen LogP contribution in [-0.2, 0) is 6.54 Å². The molecule has 0 aliphatic rings. The van der Waals surface area contributed by atoms with Crippen LogP contribution in [0.2, 0.25) is 0 Å². The molecule has 2 rings (SSSR count). The Hall–Kier alpha value is -0.840. The van der Waals surface area contributed by atoms with E-state index in [1.807, 2.05) is 12.1 Å². The molecule has 0 aliphatic carbocycles. The van der Waals surface area contributed by atoms with Gasteiger partial charge in [-0.05, 0) is 52.3 Å². The van der Waals surface area contributed by atoms with Gasteiger partial charge in [0.05, 0.1) is 0 Å². The van der Waals surface area contributed by atoms with E-state index >= 15 is 0 Å². The van der Waals surface area contributed by atoms with Crippen LogP contribution in [0.1, 0.15) is 12.5 Å². The molecule has 0 radical (unpaired) electrons. The second-order valence-electron chi connectivity index (χ2n) is 4.08. The first kappa shape index (κ1) is 14.6. The second kappa shape index (κ2) is 7.08. The van der Waals surface area contributed by atoms with Crippen LogP contribution in [0.3, 0.4) is 0 Å². The fourth-order valence-corrected chi connectivity index (χ4v) is 3.16. The molecule has 0 aliphatic heterocycles. The SMILES string of the molecule is CCNCc1ccc(Sc2ccccc2F)c(Br)c1. The van der Waals surface area contributed by atoms with E-state index in [4.69, 9.17) is 0 Å². The first-order chi connectivity index (χ1) is 9.20. The maximum absolute atomic E-state index is 13.6. The largest absolute Gasteiger partial charge is 0.313 e. The number of nitrogens with one attached hydrogen (secondary N) is 1. The van der Waals surface area contributed by atoms with Gasteiger partial charge in [0.2, 0.25) is 0 Å². The lowest BCUT2D eigenvalue weighted by Crippen LogP contribution is -2.11. The molecule has 1 N–H and O–H groups in total. The molecule has 0 saturated heterocycles. The van der Waals surface area contributed by atoms with Gasteiger partial charge in [0, 0.05) is 20.8 Å². The van der Waals surface area contributed by atoms with Crippen LogP contribution in [0, 0.1) is 5.82 Å². The van der Waals surface area contributed by atoms with Gasteiger partial charge >= 0.3 is 0 Å². The minimum Gasteiger partial charge on any atom is -0.313 e. The molecule has 0 spiro atoms. The highest BCUT2D eigenvalue weighted by Gasteiger charge is 2.07. The van der Waals surface area contributed by atoms with E-state index in [-0.39, 0.29) is 5.82 Å². The molecule has 0 fully saturated rings. The van der Waals surface area contributed by atoms with E-state index in [2.05, 4.69) is 40.3 Å². The predicted octanol–water partition coefficient (Wildman–Crippen LogP) is 4.85. The third-order valence-electron chi connectivity index (χ3n) is 2.63. The summed E-state index contributed by atoms with van der Waals surface area (Å²) in [5.74, 6) is -0.184. The van der Waals surface area contributed by atoms with E-state index in [9.17, 15) is 4.39 Å². The standard InChI is InChI=1S/C15H15BrFNS/c1-2-18-10-11-7-8-14(12(16)9-11)19-15-6-4-3-5-13(15)17/h3-9,18H,2,10H2,1H3. The summed E-state index contributed by atoms with van der Waals surface area (Å²) < 4.78 is 14.6. The molecular formula is C15H15BrFNS. The molecule has 4 heteroatoms. The van der Waals surface area contributed by atoms with Gasteiger partial charge in [-0.2, -0.15) is 0 Å². The fraction of sp³-hybridized carbons (Fsp3) is 0.200. The van der Waals surface area contributed by atoms with E-state index in [1.54, 1.807) is 12.1 Å². The van der Waals surface area contributed by atoms with Crippen molar-refractivity contribution in [3.8, 4) is 0 Å². The number of benzene rings is 2. The van der Waals surface area contributed by atoms with Gasteiger partial charge < -0.3 is 5.32 Å². The average molecular weight is 340 g/mol. The Kier molecular flexibility index (Phi) is 5.43. The van der Waals surface area contributed by atoms with E-state index in [0.29, 0.717) is 4.90 Å². The molecule has 19 heavy (non-hydrogen) atoms. The van der Waals surface area contributed by atoms with Gasteiger partial charge in [-0.15, -0.1) is 0 Å². The number of halogens is 2. The topological polar surface area (TPSA) is 12.0 Å². The van der Waals surface area contributed by atoms with Crippen molar-refractivity contribution in [3.05, 3.63) is 58.3 Å². The van der Waals surface area contributed by atoms with Crippen LogP contribution in [0.15, 0.2) is 56.7 Å². The Bertz CT molecular complexity index is 560. The van der Waals surface area contributed by atoms with Crippen LogP contribution in [-0.4, -0.2) is 6.54 Å². The quantitative estimate of drug-likeness (QED) is 0.835. The average Bonchev–Trinajstić information content (AvgIpc) is 2.41. The highest BCUT2D eigenvalue weighted by Crippen LogP contribution is 2.35. The first-order valence-corrected chi connectivity index (χ1v) is 7.73. The fourth-order valence-electron chi connectivity index (χ4n) is 1.65. The Morgan fingerprint density at radius 2 is 1.95 bits per heavy atom. The summed E-state index contributed by atoms with van der Waals surface area (Å²) in [6, 6.07) is 13.0. The summed E-state index contributed by atoms with van der Waals surface area (Å²) in [4.78, 5) is 1.66. The van der Waals surface area contributed by atoms with Gasteiger partial charge in [0.25, 0.3) is 0 Å². The maximum atomic E-state index is 13.6. The van der Waals surface area contributed by atoms with Crippen molar-refractivity contribution >= 4 is 27.7 Å². The highest BCUT2D eigenvalue weighted by molar-refractivity contribution is 9.10. The summed E-state index contributed by atoms with van der Waals surface area (Å²) in [6.45, 7) is 3.88. The Labute approximate surface area is 125 Å². The van der Waals surface area contributed by atoms with E-state index < -0.39 is 0 Å².